The molecule has 0 heterocycles. The number of hydrogen-bond donors (Lipinski definition) is 1. The van der Waals surface area contributed by atoms with E-state index in [1.807, 2.05) is 13.8 Å². The van der Waals surface area contributed by atoms with Crippen molar-refractivity contribution >= 4 is 0 Å². The van der Waals surface area contributed by atoms with Crippen LogP contribution in [0.2, 0.25) is 0 Å². The van der Waals surface area contributed by atoms with Gasteiger partial charge >= 0.3 is 0 Å². The molecule has 0 aliphatic heterocycles. The second-order valence-electron chi connectivity index (χ2n) is 4.89. The Bertz CT molecular complexity index is 662. The number of rotatable bonds is 3. The van der Waals surface area contributed by atoms with Crippen molar-refractivity contribution in [2.75, 3.05) is 7.11 Å². The highest BCUT2D eigenvalue weighted by Gasteiger charge is 2.23. The van der Waals surface area contributed by atoms with Crippen LogP contribution in [0.4, 0.5) is 13.2 Å². The maximum absolute atomic E-state index is 13.9. The van der Waals surface area contributed by atoms with Crippen LogP contribution in [0.15, 0.2) is 24.3 Å². The van der Waals surface area contributed by atoms with Crippen molar-refractivity contribution in [3.8, 4) is 5.75 Å². The first-order chi connectivity index (χ1) is 9.86. The Morgan fingerprint density at radius 1 is 1.05 bits per heavy atom. The van der Waals surface area contributed by atoms with E-state index < -0.39 is 23.5 Å². The quantitative estimate of drug-likeness (QED) is 0.935. The number of methoxy groups -OCH3 is 1. The molecular formula is C16H16F3NO. The molecule has 0 spiro atoms. The summed E-state index contributed by atoms with van der Waals surface area (Å²) in [5, 5.41) is 0. The molecule has 0 amide bonds. The minimum Gasteiger partial charge on any atom is -0.496 e. The number of hydrogen-bond acceptors (Lipinski definition) is 2. The van der Waals surface area contributed by atoms with Crippen molar-refractivity contribution in [2.45, 2.75) is 19.9 Å². The van der Waals surface area contributed by atoms with E-state index in [0.29, 0.717) is 23.4 Å². The Morgan fingerprint density at radius 2 is 1.62 bits per heavy atom. The Morgan fingerprint density at radius 3 is 2.14 bits per heavy atom. The van der Waals surface area contributed by atoms with Gasteiger partial charge in [-0.2, -0.15) is 0 Å². The molecule has 2 aromatic carbocycles. The van der Waals surface area contributed by atoms with Gasteiger partial charge in [-0.15, -0.1) is 0 Å². The van der Waals surface area contributed by atoms with Crippen molar-refractivity contribution in [1.82, 2.24) is 0 Å². The smallest absolute Gasteiger partial charge is 0.134 e. The third-order valence-corrected chi connectivity index (χ3v) is 3.60. The molecule has 1 atom stereocenters. The fourth-order valence-electron chi connectivity index (χ4n) is 2.33. The van der Waals surface area contributed by atoms with Gasteiger partial charge in [0.1, 0.15) is 23.2 Å². The van der Waals surface area contributed by atoms with Gasteiger partial charge in [0.15, 0.2) is 0 Å². The van der Waals surface area contributed by atoms with Gasteiger partial charge in [0.2, 0.25) is 0 Å². The number of aryl methyl sites for hydroxylation is 1. The van der Waals surface area contributed by atoms with Crippen molar-refractivity contribution in [1.29, 1.82) is 0 Å². The van der Waals surface area contributed by atoms with Gasteiger partial charge in [0, 0.05) is 23.3 Å². The van der Waals surface area contributed by atoms with E-state index in [0.717, 1.165) is 11.1 Å². The molecule has 0 radical (unpaired) electrons. The van der Waals surface area contributed by atoms with Crippen molar-refractivity contribution < 1.29 is 17.9 Å². The lowest BCUT2D eigenvalue weighted by molar-refractivity contribution is 0.403. The molecule has 5 heteroatoms. The second kappa shape index (κ2) is 5.77. The first-order valence-electron chi connectivity index (χ1n) is 6.41. The first kappa shape index (κ1) is 15.4. The average molecular weight is 295 g/mol. The number of halogens is 3. The zero-order valence-corrected chi connectivity index (χ0v) is 12.0. The minimum absolute atomic E-state index is 0.377. The van der Waals surface area contributed by atoms with E-state index in [1.54, 1.807) is 12.1 Å². The Hall–Kier alpha value is -2.01. The highest BCUT2D eigenvalue weighted by Crippen LogP contribution is 2.34. The van der Waals surface area contributed by atoms with Gasteiger partial charge in [-0.25, -0.2) is 13.2 Å². The molecule has 2 aromatic rings. The van der Waals surface area contributed by atoms with E-state index in [4.69, 9.17) is 10.5 Å². The molecule has 2 N–H and O–H groups in total. The van der Waals surface area contributed by atoms with E-state index in [1.165, 1.54) is 7.11 Å². The molecule has 2 rings (SSSR count). The lowest BCUT2D eigenvalue weighted by atomic mass is 9.94. The normalized spacial score (nSPS) is 12.3. The van der Waals surface area contributed by atoms with Crippen molar-refractivity contribution in [2.24, 2.45) is 5.73 Å². The maximum atomic E-state index is 13.9. The van der Waals surface area contributed by atoms with Gasteiger partial charge in [-0.1, -0.05) is 12.1 Å². The van der Waals surface area contributed by atoms with Crippen LogP contribution in [-0.4, -0.2) is 7.11 Å². The van der Waals surface area contributed by atoms with Crippen LogP contribution < -0.4 is 10.5 Å². The molecule has 2 nitrogen and oxygen atoms in total. The monoisotopic (exact) mass is 295 g/mol. The Kier molecular flexibility index (Phi) is 4.23. The summed E-state index contributed by atoms with van der Waals surface area (Å²) in [6.07, 6.45) is 0. The summed E-state index contributed by atoms with van der Waals surface area (Å²) >= 11 is 0. The van der Waals surface area contributed by atoms with Gasteiger partial charge < -0.3 is 10.5 Å². The van der Waals surface area contributed by atoms with Crippen LogP contribution >= 0.6 is 0 Å². The highest BCUT2D eigenvalue weighted by atomic mass is 19.1. The fraction of sp³-hybridized carbons (Fsp3) is 0.250. The topological polar surface area (TPSA) is 35.2 Å². The third kappa shape index (κ3) is 2.74. The zero-order valence-electron chi connectivity index (χ0n) is 12.0. The third-order valence-electron chi connectivity index (χ3n) is 3.60. The standard InChI is InChI=1S/C16H16F3NO/c1-8-4-5-11(16(21-3)9(8)2)15(20)14-12(18)6-10(17)7-13(14)19/h4-7,15H,20H2,1-3H3. The molecule has 1 unspecified atom stereocenters. The summed E-state index contributed by atoms with van der Waals surface area (Å²) in [5.74, 6) is -2.53. The van der Waals surface area contributed by atoms with E-state index in [9.17, 15) is 13.2 Å². The molecule has 0 aromatic heterocycles. The summed E-state index contributed by atoms with van der Waals surface area (Å²) in [4.78, 5) is 0. The van der Waals surface area contributed by atoms with Gasteiger partial charge in [-0.05, 0) is 25.0 Å². The Balaban J connectivity index is 2.61. The lowest BCUT2D eigenvalue weighted by Crippen LogP contribution is -2.17. The van der Waals surface area contributed by atoms with Crippen LogP contribution in [0.3, 0.4) is 0 Å². The second-order valence-corrected chi connectivity index (χ2v) is 4.89. The van der Waals surface area contributed by atoms with Gasteiger partial charge in [-0.3, -0.25) is 0 Å². The number of benzene rings is 2. The molecule has 21 heavy (non-hydrogen) atoms. The fourth-order valence-corrected chi connectivity index (χ4v) is 2.33. The molecular weight excluding hydrogens is 279 g/mol. The summed E-state index contributed by atoms with van der Waals surface area (Å²) < 4.78 is 46.0. The molecule has 0 saturated carbocycles. The molecule has 0 aliphatic carbocycles. The molecule has 112 valence electrons. The highest BCUT2D eigenvalue weighted by molar-refractivity contribution is 5.49. The first-order valence-corrected chi connectivity index (χ1v) is 6.41. The van der Waals surface area contributed by atoms with Gasteiger partial charge in [0.05, 0.1) is 13.2 Å². The van der Waals surface area contributed by atoms with Gasteiger partial charge in [0.25, 0.3) is 0 Å². The van der Waals surface area contributed by atoms with E-state index >= 15 is 0 Å². The molecule has 0 fully saturated rings. The predicted molar refractivity (Wildman–Crippen MR) is 74.8 cm³/mol. The lowest BCUT2D eigenvalue weighted by Gasteiger charge is -2.20. The van der Waals surface area contributed by atoms with Crippen molar-refractivity contribution in [3.63, 3.8) is 0 Å². The van der Waals surface area contributed by atoms with Crippen LogP contribution in [0, 0.1) is 31.3 Å². The minimum atomic E-state index is -1.08. The van der Waals surface area contributed by atoms with Crippen LogP contribution in [-0.2, 0) is 0 Å². The maximum Gasteiger partial charge on any atom is 0.134 e. The zero-order chi connectivity index (χ0) is 15.7. The Labute approximate surface area is 121 Å². The molecule has 0 bridgehead atoms. The summed E-state index contributed by atoms with van der Waals surface area (Å²) in [6, 6.07) is 3.61. The molecule has 0 saturated heterocycles. The van der Waals surface area contributed by atoms with Crippen molar-refractivity contribution in [3.05, 3.63) is 64.0 Å². The average Bonchev–Trinajstić information content (AvgIpc) is 2.40. The SMILES string of the molecule is COc1c(C(N)c2c(F)cc(F)cc2F)ccc(C)c1C. The van der Waals surface area contributed by atoms with Crippen LogP contribution in [0.25, 0.3) is 0 Å². The van der Waals surface area contributed by atoms with E-state index in [-0.39, 0.29) is 5.56 Å². The largest absolute Gasteiger partial charge is 0.496 e. The predicted octanol–water partition coefficient (Wildman–Crippen LogP) is 3.78. The molecule has 0 aliphatic rings. The van der Waals surface area contributed by atoms with Crippen LogP contribution in [0.5, 0.6) is 5.75 Å². The van der Waals surface area contributed by atoms with Crippen LogP contribution in [0.1, 0.15) is 28.3 Å². The van der Waals surface area contributed by atoms with E-state index in [2.05, 4.69) is 0 Å². The number of ether oxygens (including phenoxy) is 1. The number of nitrogens with two attached hydrogens (primary N) is 1. The summed E-state index contributed by atoms with van der Waals surface area (Å²) in [7, 11) is 1.47. The summed E-state index contributed by atoms with van der Waals surface area (Å²) in [5.41, 5.74) is 7.87. The summed E-state index contributed by atoms with van der Waals surface area (Å²) in [6.45, 7) is 3.73.